The molecule has 0 aliphatic rings. The maximum atomic E-state index is 11.4. The fourth-order valence-electron chi connectivity index (χ4n) is 2.06. The van der Waals surface area contributed by atoms with Crippen molar-refractivity contribution in [3.63, 3.8) is 0 Å². The molecular weight excluding hydrogens is 252 g/mol. The fourth-order valence-corrected chi connectivity index (χ4v) is 2.06. The Morgan fingerprint density at radius 1 is 0.900 bits per heavy atom. The molecule has 0 fully saturated rings. The van der Waals surface area contributed by atoms with Gasteiger partial charge >= 0.3 is 5.97 Å². The van der Waals surface area contributed by atoms with Gasteiger partial charge in [-0.3, -0.25) is 4.79 Å². The van der Waals surface area contributed by atoms with Crippen molar-refractivity contribution in [2.75, 3.05) is 13.2 Å². The summed E-state index contributed by atoms with van der Waals surface area (Å²) in [6, 6.07) is 10.4. The zero-order valence-electron chi connectivity index (χ0n) is 12.2. The highest BCUT2D eigenvalue weighted by molar-refractivity contribution is 5.69. The monoisotopic (exact) mass is 277 g/mol. The van der Waals surface area contributed by atoms with E-state index in [0.29, 0.717) is 19.4 Å². The van der Waals surface area contributed by atoms with Gasteiger partial charge in [-0.05, 0) is 44.1 Å². The number of unbranched alkanes of at least 4 members (excludes halogenated alkanes) is 4. The molecule has 0 bridgehead atoms. The van der Waals surface area contributed by atoms with E-state index in [9.17, 15) is 9.90 Å². The number of benzene rings is 1. The molecule has 0 N–H and O–H groups in total. The van der Waals surface area contributed by atoms with Crippen molar-refractivity contribution in [3.05, 3.63) is 35.9 Å². The molecule has 0 aromatic heterocycles. The topological polar surface area (TPSA) is 46.2 Å². The normalized spacial score (nSPS) is 10.4. The Morgan fingerprint density at radius 3 is 2.40 bits per heavy atom. The zero-order chi connectivity index (χ0) is 14.5. The Labute approximate surface area is 122 Å². The second kappa shape index (κ2) is 11.5. The fraction of sp³-hybridized carbons (Fsp3) is 0.588. The van der Waals surface area contributed by atoms with Gasteiger partial charge in [-0.15, -0.1) is 0 Å². The summed E-state index contributed by atoms with van der Waals surface area (Å²) >= 11 is 0. The lowest BCUT2D eigenvalue weighted by Crippen LogP contribution is -2.05. The SMILES string of the molecule is [O]CCCCCC(=O)OCCCCCc1ccccc1. The first kappa shape index (κ1) is 16.7. The molecule has 1 aromatic carbocycles. The molecule has 1 radical (unpaired) electrons. The highest BCUT2D eigenvalue weighted by atomic mass is 16.5. The molecule has 0 saturated heterocycles. The number of ether oxygens (including phenoxy) is 1. The molecule has 0 saturated carbocycles. The van der Waals surface area contributed by atoms with Crippen molar-refractivity contribution in [3.8, 4) is 0 Å². The maximum absolute atomic E-state index is 11.4. The Balaban J connectivity index is 1.90. The van der Waals surface area contributed by atoms with Crippen molar-refractivity contribution in [2.45, 2.75) is 51.4 Å². The van der Waals surface area contributed by atoms with Gasteiger partial charge in [-0.25, -0.2) is 5.11 Å². The van der Waals surface area contributed by atoms with Crippen molar-refractivity contribution < 1.29 is 14.6 Å². The van der Waals surface area contributed by atoms with E-state index in [-0.39, 0.29) is 12.6 Å². The van der Waals surface area contributed by atoms with Crippen LogP contribution in [0.3, 0.4) is 0 Å². The predicted molar refractivity (Wildman–Crippen MR) is 79.0 cm³/mol. The van der Waals surface area contributed by atoms with E-state index in [1.54, 1.807) is 0 Å². The average Bonchev–Trinajstić information content (AvgIpc) is 2.48. The number of aryl methyl sites for hydroxylation is 1. The number of hydrogen-bond donors (Lipinski definition) is 0. The van der Waals surface area contributed by atoms with Gasteiger partial charge in [0.1, 0.15) is 0 Å². The summed E-state index contributed by atoms with van der Waals surface area (Å²) in [5.74, 6) is -0.126. The highest BCUT2D eigenvalue weighted by Gasteiger charge is 2.02. The van der Waals surface area contributed by atoms with Gasteiger partial charge in [0.05, 0.1) is 13.2 Å². The first-order valence-electron chi connectivity index (χ1n) is 7.60. The quantitative estimate of drug-likeness (QED) is 0.454. The minimum absolute atomic E-state index is 0.0452. The molecule has 0 spiro atoms. The molecule has 0 aliphatic heterocycles. The third kappa shape index (κ3) is 8.70. The summed E-state index contributed by atoms with van der Waals surface area (Å²) in [7, 11) is 0. The summed E-state index contributed by atoms with van der Waals surface area (Å²) in [6.45, 7) is 0.478. The largest absolute Gasteiger partial charge is 0.466 e. The smallest absolute Gasteiger partial charge is 0.305 e. The first-order chi connectivity index (χ1) is 9.83. The molecule has 111 valence electrons. The van der Waals surface area contributed by atoms with Crippen LogP contribution in [-0.2, 0) is 21.1 Å². The van der Waals surface area contributed by atoms with E-state index in [1.807, 2.05) is 6.07 Å². The predicted octanol–water partition coefficient (Wildman–Crippen LogP) is 3.93. The molecule has 0 unspecified atom stereocenters. The van der Waals surface area contributed by atoms with Crippen LogP contribution in [0.15, 0.2) is 30.3 Å². The molecule has 0 amide bonds. The molecule has 20 heavy (non-hydrogen) atoms. The van der Waals surface area contributed by atoms with Crippen molar-refractivity contribution >= 4 is 5.97 Å². The van der Waals surface area contributed by atoms with Crippen LogP contribution < -0.4 is 0 Å². The number of rotatable bonds is 11. The summed E-state index contributed by atoms with van der Waals surface area (Å²) in [5, 5.41) is 10.2. The van der Waals surface area contributed by atoms with Crippen LogP contribution in [0.5, 0.6) is 0 Å². The Bertz CT molecular complexity index is 349. The molecule has 0 aliphatic carbocycles. The molecular formula is C17H25O3. The third-order valence-corrected chi connectivity index (χ3v) is 3.24. The van der Waals surface area contributed by atoms with Crippen molar-refractivity contribution in [1.82, 2.24) is 0 Å². The molecule has 1 rings (SSSR count). The summed E-state index contributed by atoms with van der Waals surface area (Å²) in [6.07, 6.45) is 6.94. The zero-order valence-corrected chi connectivity index (χ0v) is 12.2. The van der Waals surface area contributed by atoms with Crippen LogP contribution in [0.25, 0.3) is 0 Å². The maximum Gasteiger partial charge on any atom is 0.305 e. The second-order valence-electron chi connectivity index (χ2n) is 5.03. The molecule has 3 nitrogen and oxygen atoms in total. The minimum atomic E-state index is -0.126. The van der Waals surface area contributed by atoms with Gasteiger partial charge < -0.3 is 4.74 Å². The lowest BCUT2D eigenvalue weighted by atomic mass is 10.1. The molecule has 0 heterocycles. The lowest BCUT2D eigenvalue weighted by molar-refractivity contribution is -0.143. The molecule has 1 aromatic rings. The summed E-state index contributed by atoms with van der Waals surface area (Å²) in [4.78, 5) is 11.4. The van der Waals surface area contributed by atoms with E-state index >= 15 is 0 Å². The standard InChI is InChI=1S/C17H25O3/c18-14-8-2-7-13-17(19)20-15-9-3-6-12-16-10-4-1-5-11-16/h1,4-5,10-11H,2-3,6-9,12-15H2. The van der Waals surface area contributed by atoms with Gasteiger partial charge in [0.15, 0.2) is 0 Å². The van der Waals surface area contributed by atoms with Crippen LogP contribution in [-0.4, -0.2) is 19.2 Å². The van der Waals surface area contributed by atoms with Gasteiger partial charge in [-0.1, -0.05) is 36.8 Å². The second-order valence-corrected chi connectivity index (χ2v) is 5.03. The summed E-state index contributed by atoms with van der Waals surface area (Å²) in [5.41, 5.74) is 1.36. The van der Waals surface area contributed by atoms with E-state index in [2.05, 4.69) is 24.3 Å². The first-order valence-corrected chi connectivity index (χ1v) is 7.60. The average molecular weight is 277 g/mol. The van der Waals surface area contributed by atoms with Crippen LogP contribution in [0.2, 0.25) is 0 Å². The van der Waals surface area contributed by atoms with Crippen molar-refractivity contribution in [2.24, 2.45) is 0 Å². The number of hydrogen-bond acceptors (Lipinski definition) is 2. The Kier molecular flexibility index (Phi) is 9.58. The van der Waals surface area contributed by atoms with Gasteiger partial charge in [0.25, 0.3) is 0 Å². The highest BCUT2D eigenvalue weighted by Crippen LogP contribution is 2.07. The third-order valence-electron chi connectivity index (χ3n) is 3.24. The Hall–Kier alpha value is -1.35. The van der Waals surface area contributed by atoms with E-state index in [4.69, 9.17) is 4.74 Å². The van der Waals surface area contributed by atoms with Crippen LogP contribution >= 0.6 is 0 Å². The summed E-state index contributed by atoms with van der Waals surface area (Å²) < 4.78 is 5.16. The van der Waals surface area contributed by atoms with Crippen LogP contribution in [0.4, 0.5) is 0 Å². The van der Waals surface area contributed by atoms with E-state index in [0.717, 1.165) is 38.5 Å². The number of carbonyl (C=O) groups excluding carboxylic acids is 1. The van der Waals surface area contributed by atoms with Gasteiger partial charge in [0.2, 0.25) is 0 Å². The van der Waals surface area contributed by atoms with Crippen LogP contribution in [0, 0.1) is 0 Å². The minimum Gasteiger partial charge on any atom is -0.466 e. The van der Waals surface area contributed by atoms with Gasteiger partial charge in [-0.2, -0.15) is 0 Å². The molecule has 0 atom stereocenters. The van der Waals surface area contributed by atoms with Gasteiger partial charge in [0, 0.05) is 6.42 Å². The van der Waals surface area contributed by atoms with Crippen LogP contribution in [0.1, 0.15) is 50.5 Å². The number of carbonyl (C=O) groups is 1. The lowest BCUT2D eigenvalue weighted by Gasteiger charge is -2.05. The number of esters is 1. The Morgan fingerprint density at radius 2 is 1.65 bits per heavy atom. The molecule has 3 heteroatoms. The van der Waals surface area contributed by atoms with E-state index < -0.39 is 0 Å². The van der Waals surface area contributed by atoms with Crippen molar-refractivity contribution in [1.29, 1.82) is 0 Å². The van der Waals surface area contributed by atoms with E-state index in [1.165, 1.54) is 5.56 Å².